The van der Waals surface area contributed by atoms with Gasteiger partial charge in [-0.2, -0.15) is 5.26 Å². The molecule has 1 saturated heterocycles. The van der Waals surface area contributed by atoms with Gasteiger partial charge < -0.3 is 16.0 Å². The monoisotopic (exact) mass is 463 g/mol. The lowest BCUT2D eigenvalue weighted by atomic mass is 9.94. The minimum atomic E-state index is -1.02. The van der Waals surface area contributed by atoms with E-state index in [2.05, 4.69) is 16.0 Å². The fraction of sp³-hybridized carbons (Fsp3) is 0.320. The summed E-state index contributed by atoms with van der Waals surface area (Å²) in [6, 6.07) is 10.5. The number of nitrogens with zero attached hydrogens (tertiary/aromatic N) is 5. The molecule has 0 aliphatic carbocycles. The second-order valence-electron chi connectivity index (χ2n) is 8.53. The fourth-order valence-electron chi connectivity index (χ4n) is 4.30. The van der Waals surface area contributed by atoms with Gasteiger partial charge >= 0.3 is 0 Å². The number of imidazole rings is 1. The number of halogens is 2. The van der Waals surface area contributed by atoms with Gasteiger partial charge in [0.05, 0.1) is 35.4 Å². The van der Waals surface area contributed by atoms with Gasteiger partial charge in [0.15, 0.2) is 11.6 Å². The highest BCUT2D eigenvalue weighted by molar-refractivity contribution is 6.32. The van der Waals surface area contributed by atoms with E-state index in [-0.39, 0.29) is 28.9 Å². The first-order valence-electron chi connectivity index (χ1n) is 11.1. The van der Waals surface area contributed by atoms with E-state index in [9.17, 15) is 5.26 Å². The summed E-state index contributed by atoms with van der Waals surface area (Å²) >= 11 is 0. The van der Waals surface area contributed by atoms with Crippen LogP contribution in [0.5, 0.6) is 0 Å². The number of allylic oxidation sites excluding steroid dienone is 1. The van der Waals surface area contributed by atoms with Crippen LogP contribution in [-0.2, 0) is 7.05 Å². The van der Waals surface area contributed by atoms with Crippen molar-refractivity contribution in [3.05, 3.63) is 71.2 Å². The Morgan fingerprint density at radius 3 is 2.53 bits per heavy atom. The van der Waals surface area contributed by atoms with E-state index in [0.29, 0.717) is 22.4 Å². The average molecular weight is 464 g/mol. The zero-order chi connectivity index (χ0) is 24.4. The molecule has 1 aliphatic heterocycles. The molecule has 0 radical (unpaired) electrons. The molecule has 176 valence electrons. The van der Waals surface area contributed by atoms with Gasteiger partial charge in [-0.1, -0.05) is 12.1 Å². The van der Waals surface area contributed by atoms with Gasteiger partial charge in [-0.3, -0.25) is 9.89 Å². The summed E-state index contributed by atoms with van der Waals surface area (Å²) in [4.78, 5) is 11.3. The van der Waals surface area contributed by atoms with Gasteiger partial charge in [0.2, 0.25) is 0 Å². The lowest BCUT2D eigenvalue weighted by molar-refractivity contribution is 0.167. The number of aromatic nitrogens is 2. The van der Waals surface area contributed by atoms with E-state index >= 15 is 8.78 Å². The van der Waals surface area contributed by atoms with Crippen molar-refractivity contribution in [1.82, 2.24) is 14.5 Å². The van der Waals surface area contributed by atoms with Crippen molar-refractivity contribution in [2.45, 2.75) is 32.0 Å². The number of nitriles is 1. The largest absolute Gasteiger partial charge is 0.404 e. The maximum absolute atomic E-state index is 15.3. The van der Waals surface area contributed by atoms with Crippen LogP contribution < -0.4 is 11.5 Å². The lowest BCUT2D eigenvalue weighted by Crippen LogP contribution is -2.43. The first-order valence-corrected chi connectivity index (χ1v) is 11.1. The van der Waals surface area contributed by atoms with Crippen molar-refractivity contribution >= 4 is 22.3 Å². The van der Waals surface area contributed by atoms with E-state index in [1.165, 1.54) is 23.2 Å². The molecule has 7 nitrogen and oxygen atoms in total. The van der Waals surface area contributed by atoms with Crippen LogP contribution in [0.2, 0.25) is 0 Å². The molecule has 1 atom stereocenters. The molecular formula is C25H27F2N7. The van der Waals surface area contributed by atoms with Crippen molar-refractivity contribution in [3.8, 4) is 6.07 Å². The van der Waals surface area contributed by atoms with Crippen LogP contribution in [0, 0.1) is 23.0 Å². The highest BCUT2D eigenvalue weighted by Crippen LogP contribution is 2.30. The van der Waals surface area contributed by atoms with Crippen molar-refractivity contribution in [2.24, 2.45) is 23.5 Å². The Morgan fingerprint density at radius 2 is 1.91 bits per heavy atom. The van der Waals surface area contributed by atoms with E-state index in [4.69, 9.17) is 16.5 Å². The van der Waals surface area contributed by atoms with Crippen LogP contribution in [0.4, 0.5) is 8.78 Å². The molecule has 0 amide bonds. The molecule has 0 spiro atoms. The number of likely N-dealkylation sites (tertiary alicyclic amines) is 1. The molecule has 1 unspecified atom stereocenters. The standard InChI is InChI=1S/C25H27F2N7/c1-15(34-9-7-18(30)8-10-34)32-24(17-5-3-16(12-28)4-6-17)20(13-29)19-11-21-25(23(27)22(19)26)33(2)14-31-21/h3-6,11,13-15,18H,7-10,29-30H2,1-2H3/b20-13-,32-24-. The summed E-state index contributed by atoms with van der Waals surface area (Å²) < 4.78 is 31.8. The number of fused-ring (bicyclic) bond motifs is 1. The molecule has 1 aromatic heterocycles. The third kappa shape index (κ3) is 4.42. The number of aliphatic imine (C=N–C) groups is 1. The minimum absolute atomic E-state index is 0.0258. The Labute approximate surface area is 197 Å². The number of hydrogen-bond acceptors (Lipinski definition) is 6. The smallest absolute Gasteiger partial charge is 0.185 e. The summed E-state index contributed by atoms with van der Waals surface area (Å²) in [6.07, 6.45) is 4.15. The Kier molecular flexibility index (Phi) is 6.72. The van der Waals surface area contributed by atoms with Crippen LogP contribution >= 0.6 is 0 Å². The molecule has 2 heterocycles. The van der Waals surface area contributed by atoms with Crippen LogP contribution in [0.3, 0.4) is 0 Å². The zero-order valence-electron chi connectivity index (χ0n) is 19.2. The summed E-state index contributed by atoms with van der Waals surface area (Å²) in [5, 5.41) is 9.18. The molecule has 0 bridgehead atoms. The maximum Gasteiger partial charge on any atom is 0.185 e. The second kappa shape index (κ2) is 9.71. The number of nitrogens with two attached hydrogens (primary N) is 2. The average Bonchev–Trinajstić information content (AvgIpc) is 3.22. The fourth-order valence-corrected chi connectivity index (χ4v) is 4.30. The maximum atomic E-state index is 15.3. The van der Waals surface area contributed by atoms with Crippen LogP contribution in [-0.4, -0.2) is 45.5 Å². The van der Waals surface area contributed by atoms with E-state index in [1.807, 2.05) is 6.92 Å². The van der Waals surface area contributed by atoms with Gasteiger partial charge in [0.25, 0.3) is 0 Å². The van der Waals surface area contributed by atoms with Gasteiger partial charge in [0, 0.05) is 49.1 Å². The molecule has 0 saturated carbocycles. The number of rotatable bonds is 5. The molecule has 1 aliphatic rings. The number of piperidine rings is 1. The number of hydrogen-bond donors (Lipinski definition) is 2. The zero-order valence-corrected chi connectivity index (χ0v) is 19.2. The summed E-state index contributed by atoms with van der Waals surface area (Å²) in [7, 11) is 1.60. The van der Waals surface area contributed by atoms with Crippen molar-refractivity contribution in [2.75, 3.05) is 13.1 Å². The van der Waals surface area contributed by atoms with Gasteiger partial charge in [-0.05, 0) is 38.0 Å². The van der Waals surface area contributed by atoms with Crippen molar-refractivity contribution in [3.63, 3.8) is 0 Å². The minimum Gasteiger partial charge on any atom is -0.404 e. The lowest BCUT2D eigenvalue weighted by Gasteiger charge is -2.33. The summed E-state index contributed by atoms with van der Waals surface area (Å²) in [5.74, 6) is -2.02. The van der Waals surface area contributed by atoms with E-state index in [0.717, 1.165) is 25.9 Å². The summed E-state index contributed by atoms with van der Waals surface area (Å²) in [6.45, 7) is 3.53. The molecule has 4 rings (SSSR count). The first-order chi connectivity index (χ1) is 16.3. The SMILES string of the molecule is CC(/N=C(\C(=C/N)c1cc2ncn(C)c2c(F)c1F)c1ccc(C#N)cc1)N1CCC(N)CC1. The Hall–Kier alpha value is -3.61. The third-order valence-electron chi connectivity index (χ3n) is 6.30. The third-order valence-corrected chi connectivity index (χ3v) is 6.30. The molecule has 2 aromatic carbocycles. The molecule has 9 heteroatoms. The van der Waals surface area contributed by atoms with Crippen LogP contribution in [0.15, 0.2) is 47.9 Å². The van der Waals surface area contributed by atoms with E-state index < -0.39 is 11.6 Å². The molecule has 1 fully saturated rings. The second-order valence-corrected chi connectivity index (χ2v) is 8.53. The quantitative estimate of drug-likeness (QED) is 0.565. The topological polar surface area (TPSA) is 109 Å². The molecule has 4 N–H and O–H groups in total. The van der Waals surface area contributed by atoms with Crippen molar-refractivity contribution in [1.29, 1.82) is 5.26 Å². The molecule has 3 aromatic rings. The summed E-state index contributed by atoms with van der Waals surface area (Å²) in [5.41, 5.74) is 14.2. The van der Waals surface area contributed by atoms with Gasteiger partial charge in [-0.15, -0.1) is 0 Å². The van der Waals surface area contributed by atoms with E-state index in [1.54, 1.807) is 31.3 Å². The Bertz CT molecular complexity index is 1290. The van der Waals surface area contributed by atoms with Crippen molar-refractivity contribution < 1.29 is 8.78 Å². The van der Waals surface area contributed by atoms with Crippen LogP contribution in [0.1, 0.15) is 36.5 Å². The van der Waals surface area contributed by atoms with Gasteiger partial charge in [-0.25, -0.2) is 13.8 Å². The predicted molar refractivity (Wildman–Crippen MR) is 129 cm³/mol. The number of benzene rings is 2. The molecule has 34 heavy (non-hydrogen) atoms. The Balaban J connectivity index is 1.84. The molecular weight excluding hydrogens is 436 g/mol. The first kappa shape index (κ1) is 23.5. The van der Waals surface area contributed by atoms with Gasteiger partial charge in [0.1, 0.15) is 5.52 Å². The highest BCUT2D eigenvalue weighted by Gasteiger charge is 2.25. The Morgan fingerprint density at radius 1 is 1.24 bits per heavy atom. The number of aryl methyl sites for hydroxylation is 1. The van der Waals surface area contributed by atoms with Crippen LogP contribution in [0.25, 0.3) is 16.6 Å². The normalized spacial score (nSPS) is 17.2. The predicted octanol–water partition coefficient (Wildman–Crippen LogP) is 3.28. The highest BCUT2D eigenvalue weighted by atomic mass is 19.2.